The third-order valence-corrected chi connectivity index (χ3v) is 3.52. The molecule has 0 spiro atoms. The minimum Gasteiger partial charge on any atom is -0.351 e. The maximum atomic E-state index is 11.9. The van der Waals surface area contributed by atoms with E-state index in [0.717, 1.165) is 6.42 Å². The number of benzene rings is 1. The Kier molecular flexibility index (Phi) is 4.25. The van der Waals surface area contributed by atoms with Crippen molar-refractivity contribution >= 4 is 22.9 Å². The van der Waals surface area contributed by atoms with Crippen LogP contribution in [-0.2, 0) is 6.42 Å². The van der Waals surface area contributed by atoms with Gasteiger partial charge in [0.2, 0.25) is 0 Å². The molecule has 0 aliphatic rings. The number of para-hydroxylation sites is 1. The third kappa shape index (κ3) is 3.38. The van der Waals surface area contributed by atoms with Gasteiger partial charge in [0.1, 0.15) is 5.56 Å². The largest absolute Gasteiger partial charge is 0.351 e. The Morgan fingerprint density at radius 2 is 2.05 bits per heavy atom. The molecule has 0 atom stereocenters. The summed E-state index contributed by atoms with van der Waals surface area (Å²) >= 11 is 1.62. The van der Waals surface area contributed by atoms with Gasteiger partial charge in [0.15, 0.2) is 0 Å². The first kappa shape index (κ1) is 13.2. The van der Waals surface area contributed by atoms with Crippen LogP contribution in [0, 0.1) is 10.1 Å². The minimum absolute atomic E-state index is 0.0960. The highest BCUT2D eigenvalue weighted by Crippen LogP contribution is 2.17. The first-order chi connectivity index (χ1) is 9.18. The molecule has 0 aliphatic heterocycles. The van der Waals surface area contributed by atoms with Crippen molar-refractivity contribution in [3.05, 3.63) is 62.3 Å². The van der Waals surface area contributed by atoms with Crippen molar-refractivity contribution in [3.8, 4) is 0 Å². The normalized spacial score (nSPS) is 10.1. The lowest BCUT2D eigenvalue weighted by Gasteiger charge is -2.04. The van der Waals surface area contributed by atoms with Gasteiger partial charge in [0.05, 0.1) is 4.92 Å². The third-order valence-electron chi connectivity index (χ3n) is 2.58. The fourth-order valence-corrected chi connectivity index (χ4v) is 2.38. The molecule has 0 saturated carbocycles. The Labute approximate surface area is 114 Å². The zero-order chi connectivity index (χ0) is 13.7. The summed E-state index contributed by atoms with van der Waals surface area (Å²) in [5.74, 6) is -0.413. The van der Waals surface area contributed by atoms with Gasteiger partial charge in [-0.15, -0.1) is 11.3 Å². The summed E-state index contributed by atoms with van der Waals surface area (Å²) < 4.78 is 0. The average Bonchev–Trinajstić information content (AvgIpc) is 2.91. The van der Waals surface area contributed by atoms with Gasteiger partial charge in [0, 0.05) is 17.5 Å². The quantitative estimate of drug-likeness (QED) is 0.674. The molecule has 5 nitrogen and oxygen atoms in total. The molecule has 0 unspecified atom stereocenters. The van der Waals surface area contributed by atoms with Crippen molar-refractivity contribution in [3.63, 3.8) is 0 Å². The second kappa shape index (κ2) is 6.10. The molecule has 0 fully saturated rings. The number of nitro groups is 1. The molecule has 0 radical (unpaired) electrons. The number of rotatable bonds is 5. The molecule has 0 saturated heterocycles. The number of thiophene rings is 1. The molecule has 0 aliphatic carbocycles. The molecule has 1 N–H and O–H groups in total. The van der Waals surface area contributed by atoms with Crippen LogP contribution in [0.3, 0.4) is 0 Å². The topological polar surface area (TPSA) is 72.2 Å². The smallest absolute Gasteiger partial charge is 0.282 e. The van der Waals surface area contributed by atoms with E-state index in [1.807, 2.05) is 17.5 Å². The second-order valence-corrected chi connectivity index (χ2v) is 4.89. The number of carbonyl (C=O) groups is 1. The van der Waals surface area contributed by atoms with Crippen LogP contribution in [0.4, 0.5) is 5.69 Å². The van der Waals surface area contributed by atoms with Gasteiger partial charge in [-0.25, -0.2) is 0 Å². The molecule has 6 heteroatoms. The predicted octanol–water partition coefficient (Wildman–Crippen LogP) is 2.63. The monoisotopic (exact) mass is 276 g/mol. The number of nitro benzene ring substituents is 1. The van der Waals surface area contributed by atoms with Crippen molar-refractivity contribution in [1.82, 2.24) is 5.32 Å². The van der Waals surface area contributed by atoms with Gasteiger partial charge >= 0.3 is 0 Å². The Bertz CT molecular complexity index is 581. The molecular formula is C13H12N2O3S. The summed E-state index contributed by atoms with van der Waals surface area (Å²) in [5.41, 5.74) is -0.0743. The molecule has 98 valence electrons. The number of carbonyl (C=O) groups excluding carboxylic acids is 1. The second-order valence-electron chi connectivity index (χ2n) is 3.86. The SMILES string of the molecule is O=C(NCCc1cccs1)c1ccccc1[N+](=O)[O-]. The molecule has 1 aromatic heterocycles. The first-order valence-electron chi connectivity index (χ1n) is 5.72. The fraction of sp³-hybridized carbons (Fsp3) is 0.154. The molecule has 0 bridgehead atoms. The molecular weight excluding hydrogens is 264 g/mol. The van der Waals surface area contributed by atoms with Crippen LogP contribution < -0.4 is 5.32 Å². The highest BCUT2D eigenvalue weighted by atomic mass is 32.1. The average molecular weight is 276 g/mol. The number of nitrogens with zero attached hydrogens (tertiary/aromatic N) is 1. The van der Waals surface area contributed by atoms with Crippen LogP contribution in [0.25, 0.3) is 0 Å². The number of hydrogen-bond acceptors (Lipinski definition) is 4. The van der Waals surface area contributed by atoms with Crippen LogP contribution in [-0.4, -0.2) is 17.4 Å². The fourth-order valence-electron chi connectivity index (χ4n) is 1.67. The maximum absolute atomic E-state index is 11.9. The van der Waals surface area contributed by atoms with Gasteiger partial charge in [-0.3, -0.25) is 14.9 Å². The van der Waals surface area contributed by atoms with Gasteiger partial charge in [0.25, 0.3) is 11.6 Å². The molecule has 1 amide bonds. The highest BCUT2D eigenvalue weighted by molar-refractivity contribution is 7.09. The summed E-state index contributed by atoms with van der Waals surface area (Å²) in [6.45, 7) is 0.464. The Morgan fingerprint density at radius 3 is 2.74 bits per heavy atom. The van der Waals surface area contributed by atoms with E-state index in [1.165, 1.54) is 17.0 Å². The van der Waals surface area contributed by atoms with E-state index in [0.29, 0.717) is 6.54 Å². The Hall–Kier alpha value is -2.21. The van der Waals surface area contributed by atoms with Crippen molar-refractivity contribution in [1.29, 1.82) is 0 Å². The van der Waals surface area contributed by atoms with Crippen molar-refractivity contribution < 1.29 is 9.72 Å². The van der Waals surface area contributed by atoms with Crippen LogP contribution >= 0.6 is 11.3 Å². The lowest BCUT2D eigenvalue weighted by atomic mass is 10.1. The van der Waals surface area contributed by atoms with Gasteiger partial charge in [-0.1, -0.05) is 18.2 Å². The van der Waals surface area contributed by atoms with Crippen LogP contribution in [0.2, 0.25) is 0 Å². The molecule has 2 rings (SSSR count). The molecule has 1 heterocycles. The minimum atomic E-state index is -0.547. The van der Waals surface area contributed by atoms with Gasteiger partial charge in [-0.2, -0.15) is 0 Å². The Morgan fingerprint density at radius 1 is 1.26 bits per heavy atom. The highest BCUT2D eigenvalue weighted by Gasteiger charge is 2.18. The van der Waals surface area contributed by atoms with Gasteiger partial charge in [-0.05, 0) is 23.9 Å². The number of amides is 1. The molecule has 1 aromatic carbocycles. The molecule has 2 aromatic rings. The zero-order valence-electron chi connectivity index (χ0n) is 10.0. The Balaban J connectivity index is 1.98. The summed E-state index contributed by atoms with van der Waals surface area (Å²) in [7, 11) is 0. The molecule has 19 heavy (non-hydrogen) atoms. The lowest BCUT2D eigenvalue weighted by Crippen LogP contribution is -2.26. The standard InChI is InChI=1S/C13H12N2O3S/c16-13(14-8-7-10-4-3-9-19-10)11-5-1-2-6-12(11)15(17)18/h1-6,9H,7-8H2,(H,14,16). The van der Waals surface area contributed by atoms with Crippen LogP contribution in [0.1, 0.15) is 15.2 Å². The van der Waals surface area contributed by atoms with E-state index in [9.17, 15) is 14.9 Å². The van der Waals surface area contributed by atoms with Crippen LogP contribution in [0.5, 0.6) is 0 Å². The van der Waals surface area contributed by atoms with Gasteiger partial charge < -0.3 is 5.32 Å². The summed E-state index contributed by atoms with van der Waals surface area (Å²) in [6, 6.07) is 9.88. The lowest BCUT2D eigenvalue weighted by molar-refractivity contribution is -0.385. The van der Waals surface area contributed by atoms with E-state index in [2.05, 4.69) is 5.32 Å². The van der Waals surface area contributed by atoms with E-state index in [-0.39, 0.29) is 11.3 Å². The van der Waals surface area contributed by atoms with Crippen molar-refractivity contribution in [2.24, 2.45) is 0 Å². The number of hydrogen-bond donors (Lipinski definition) is 1. The summed E-state index contributed by atoms with van der Waals surface area (Å²) in [5, 5.41) is 15.5. The van der Waals surface area contributed by atoms with E-state index in [1.54, 1.807) is 23.5 Å². The number of nitrogens with one attached hydrogen (secondary N) is 1. The van der Waals surface area contributed by atoms with Crippen molar-refractivity contribution in [2.45, 2.75) is 6.42 Å². The summed E-state index contributed by atoms with van der Waals surface area (Å²) in [6.07, 6.45) is 0.726. The van der Waals surface area contributed by atoms with E-state index >= 15 is 0 Å². The van der Waals surface area contributed by atoms with E-state index in [4.69, 9.17) is 0 Å². The zero-order valence-corrected chi connectivity index (χ0v) is 10.9. The van der Waals surface area contributed by atoms with Crippen molar-refractivity contribution in [2.75, 3.05) is 6.54 Å². The summed E-state index contributed by atoms with van der Waals surface area (Å²) in [4.78, 5) is 23.3. The first-order valence-corrected chi connectivity index (χ1v) is 6.60. The van der Waals surface area contributed by atoms with E-state index < -0.39 is 10.8 Å². The predicted molar refractivity (Wildman–Crippen MR) is 73.5 cm³/mol. The maximum Gasteiger partial charge on any atom is 0.282 e. The van der Waals surface area contributed by atoms with Crippen LogP contribution in [0.15, 0.2) is 41.8 Å².